The van der Waals surface area contributed by atoms with Crippen LogP contribution in [0.25, 0.3) is 0 Å². The standard InChI is InChI=1S/C18H29NO/c1-13-10-15(11-14(2)17(13)20)12-19-8-6-16(7-9-19)18(3,4)5/h10-11,16,20H,6-9,12H2,1-5H3. The molecular weight excluding hydrogens is 246 g/mol. The summed E-state index contributed by atoms with van der Waals surface area (Å²) in [6.45, 7) is 14.5. The summed E-state index contributed by atoms with van der Waals surface area (Å²) in [5, 5.41) is 9.85. The van der Waals surface area contributed by atoms with Crippen molar-refractivity contribution in [3.63, 3.8) is 0 Å². The topological polar surface area (TPSA) is 23.5 Å². The number of likely N-dealkylation sites (tertiary alicyclic amines) is 1. The Hall–Kier alpha value is -1.02. The quantitative estimate of drug-likeness (QED) is 0.871. The van der Waals surface area contributed by atoms with E-state index in [0.717, 1.165) is 23.6 Å². The van der Waals surface area contributed by atoms with Crippen LogP contribution in [0.3, 0.4) is 0 Å². The Morgan fingerprint density at radius 3 is 2.05 bits per heavy atom. The number of benzene rings is 1. The summed E-state index contributed by atoms with van der Waals surface area (Å²) in [4.78, 5) is 2.55. The third kappa shape index (κ3) is 3.54. The maximum atomic E-state index is 9.85. The van der Waals surface area contributed by atoms with E-state index in [-0.39, 0.29) is 0 Å². The minimum absolute atomic E-state index is 0.442. The van der Waals surface area contributed by atoms with Crippen molar-refractivity contribution in [1.29, 1.82) is 0 Å². The zero-order valence-electron chi connectivity index (χ0n) is 13.7. The molecule has 0 atom stereocenters. The molecule has 1 aliphatic heterocycles. The van der Waals surface area contributed by atoms with E-state index in [9.17, 15) is 5.11 Å². The van der Waals surface area contributed by atoms with Crippen molar-refractivity contribution >= 4 is 0 Å². The van der Waals surface area contributed by atoms with Gasteiger partial charge in [0.25, 0.3) is 0 Å². The normalized spacial score (nSPS) is 18.4. The SMILES string of the molecule is Cc1cc(CN2CCC(C(C)(C)C)CC2)cc(C)c1O. The van der Waals surface area contributed by atoms with Gasteiger partial charge in [0.2, 0.25) is 0 Å². The molecule has 2 nitrogen and oxygen atoms in total. The maximum absolute atomic E-state index is 9.85. The van der Waals surface area contributed by atoms with Gasteiger partial charge in [0.1, 0.15) is 5.75 Å². The van der Waals surface area contributed by atoms with Crippen molar-refractivity contribution in [3.8, 4) is 5.75 Å². The first kappa shape index (κ1) is 15.4. The van der Waals surface area contributed by atoms with Crippen molar-refractivity contribution in [3.05, 3.63) is 28.8 Å². The fourth-order valence-electron chi connectivity index (χ4n) is 3.35. The van der Waals surface area contributed by atoms with E-state index in [1.807, 2.05) is 13.8 Å². The van der Waals surface area contributed by atoms with Gasteiger partial charge in [0.15, 0.2) is 0 Å². The molecule has 1 heterocycles. The minimum Gasteiger partial charge on any atom is -0.507 e. The third-order valence-electron chi connectivity index (χ3n) is 4.77. The van der Waals surface area contributed by atoms with Crippen LogP contribution < -0.4 is 0 Å². The highest BCUT2D eigenvalue weighted by molar-refractivity contribution is 5.42. The maximum Gasteiger partial charge on any atom is 0.121 e. The Morgan fingerprint density at radius 1 is 1.10 bits per heavy atom. The minimum atomic E-state index is 0.442. The number of aromatic hydroxyl groups is 1. The Kier molecular flexibility index (Phi) is 4.43. The Labute approximate surface area is 123 Å². The first-order valence-electron chi connectivity index (χ1n) is 7.79. The van der Waals surface area contributed by atoms with Crippen LogP contribution in [-0.2, 0) is 6.54 Å². The molecule has 1 saturated heterocycles. The molecule has 0 aliphatic carbocycles. The van der Waals surface area contributed by atoms with Crippen molar-refractivity contribution in [2.75, 3.05) is 13.1 Å². The number of aryl methyl sites for hydroxylation is 2. The van der Waals surface area contributed by atoms with Gasteiger partial charge in [-0.3, -0.25) is 4.90 Å². The Balaban J connectivity index is 1.96. The lowest BCUT2D eigenvalue weighted by Gasteiger charge is -2.38. The smallest absolute Gasteiger partial charge is 0.121 e. The van der Waals surface area contributed by atoms with Gasteiger partial charge in [-0.05, 0) is 67.8 Å². The number of phenols is 1. The second-order valence-corrected chi connectivity index (χ2v) is 7.49. The lowest BCUT2D eigenvalue weighted by molar-refractivity contribution is 0.108. The van der Waals surface area contributed by atoms with Crippen LogP contribution in [0, 0.1) is 25.2 Å². The first-order valence-corrected chi connectivity index (χ1v) is 7.79. The van der Waals surface area contributed by atoms with Crippen LogP contribution in [0.15, 0.2) is 12.1 Å². The molecule has 1 aromatic rings. The first-order chi connectivity index (χ1) is 9.27. The van der Waals surface area contributed by atoms with Gasteiger partial charge in [0, 0.05) is 6.54 Å². The van der Waals surface area contributed by atoms with Crippen LogP contribution in [0.4, 0.5) is 0 Å². The Bertz CT molecular complexity index is 442. The molecule has 1 fully saturated rings. The monoisotopic (exact) mass is 275 g/mol. The van der Waals surface area contributed by atoms with Crippen LogP contribution in [0.1, 0.15) is 50.3 Å². The largest absolute Gasteiger partial charge is 0.507 e. The number of phenolic OH excluding ortho intramolecular Hbond substituents is 1. The lowest BCUT2D eigenvalue weighted by Crippen LogP contribution is -2.37. The van der Waals surface area contributed by atoms with Crippen LogP contribution >= 0.6 is 0 Å². The van der Waals surface area contributed by atoms with Crippen LogP contribution in [0.5, 0.6) is 5.75 Å². The molecule has 2 rings (SSSR count). The number of nitrogens with zero attached hydrogens (tertiary/aromatic N) is 1. The number of hydrogen-bond acceptors (Lipinski definition) is 2. The number of rotatable bonds is 2. The summed E-state index contributed by atoms with van der Waals surface area (Å²) < 4.78 is 0. The second-order valence-electron chi connectivity index (χ2n) is 7.49. The molecule has 1 N–H and O–H groups in total. The van der Waals surface area contributed by atoms with Gasteiger partial charge in [0.05, 0.1) is 0 Å². The molecular formula is C18H29NO. The molecule has 1 aliphatic rings. The van der Waals surface area contributed by atoms with E-state index in [4.69, 9.17) is 0 Å². The van der Waals surface area contributed by atoms with E-state index < -0.39 is 0 Å². The van der Waals surface area contributed by atoms with Gasteiger partial charge in [-0.15, -0.1) is 0 Å². The predicted octanol–water partition coefficient (Wildman–Crippen LogP) is 4.27. The van der Waals surface area contributed by atoms with Crippen LogP contribution in [0.2, 0.25) is 0 Å². The zero-order chi connectivity index (χ0) is 14.9. The highest BCUT2D eigenvalue weighted by Gasteiger charge is 2.28. The molecule has 0 bridgehead atoms. The van der Waals surface area contributed by atoms with Gasteiger partial charge >= 0.3 is 0 Å². The predicted molar refractivity (Wildman–Crippen MR) is 85.0 cm³/mol. The van der Waals surface area contributed by atoms with E-state index in [1.165, 1.54) is 31.5 Å². The highest BCUT2D eigenvalue weighted by Crippen LogP contribution is 2.34. The molecule has 0 spiro atoms. The highest BCUT2D eigenvalue weighted by atomic mass is 16.3. The van der Waals surface area contributed by atoms with E-state index in [2.05, 4.69) is 37.8 Å². The molecule has 2 heteroatoms. The summed E-state index contributed by atoms with van der Waals surface area (Å²) in [6, 6.07) is 4.25. The van der Waals surface area contributed by atoms with Crippen molar-refractivity contribution in [2.24, 2.45) is 11.3 Å². The summed E-state index contributed by atoms with van der Waals surface area (Å²) >= 11 is 0. The second kappa shape index (κ2) is 5.77. The number of hydrogen-bond donors (Lipinski definition) is 1. The lowest BCUT2D eigenvalue weighted by atomic mass is 9.75. The fraction of sp³-hybridized carbons (Fsp3) is 0.667. The summed E-state index contributed by atoms with van der Waals surface area (Å²) in [5.41, 5.74) is 3.75. The van der Waals surface area contributed by atoms with Crippen molar-refractivity contribution < 1.29 is 5.11 Å². The Morgan fingerprint density at radius 2 is 1.60 bits per heavy atom. The summed E-state index contributed by atoms with van der Waals surface area (Å²) in [6.07, 6.45) is 2.61. The molecule has 0 amide bonds. The van der Waals surface area contributed by atoms with Gasteiger partial charge in [-0.2, -0.15) is 0 Å². The molecule has 1 aromatic carbocycles. The van der Waals surface area contributed by atoms with Crippen LogP contribution in [-0.4, -0.2) is 23.1 Å². The fourth-order valence-corrected chi connectivity index (χ4v) is 3.35. The van der Waals surface area contributed by atoms with Gasteiger partial charge in [-0.1, -0.05) is 32.9 Å². The van der Waals surface area contributed by atoms with E-state index >= 15 is 0 Å². The third-order valence-corrected chi connectivity index (χ3v) is 4.77. The molecule has 0 unspecified atom stereocenters. The van der Waals surface area contributed by atoms with Crippen molar-refractivity contribution in [2.45, 2.75) is 54.0 Å². The zero-order valence-corrected chi connectivity index (χ0v) is 13.7. The number of piperidine rings is 1. The molecule has 0 saturated carbocycles. The molecule has 0 aromatic heterocycles. The van der Waals surface area contributed by atoms with Gasteiger partial charge < -0.3 is 5.11 Å². The van der Waals surface area contributed by atoms with E-state index in [1.54, 1.807) is 0 Å². The molecule has 0 radical (unpaired) electrons. The summed E-state index contributed by atoms with van der Waals surface area (Å²) in [7, 11) is 0. The van der Waals surface area contributed by atoms with E-state index in [0.29, 0.717) is 11.2 Å². The summed E-state index contributed by atoms with van der Waals surface area (Å²) in [5.74, 6) is 1.29. The average molecular weight is 275 g/mol. The molecule has 20 heavy (non-hydrogen) atoms. The average Bonchev–Trinajstić information content (AvgIpc) is 2.35. The van der Waals surface area contributed by atoms with Gasteiger partial charge in [-0.25, -0.2) is 0 Å². The molecule has 112 valence electrons. The van der Waals surface area contributed by atoms with Crippen molar-refractivity contribution in [1.82, 2.24) is 4.90 Å².